The molecule has 33 heavy (non-hydrogen) atoms. The number of rotatable bonds is 6. The van der Waals surface area contributed by atoms with Crippen LogP contribution in [-0.4, -0.2) is 54.7 Å². The van der Waals surface area contributed by atoms with E-state index in [2.05, 4.69) is 4.98 Å². The van der Waals surface area contributed by atoms with E-state index in [9.17, 15) is 26.4 Å². The van der Waals surface area contributed by atoms with Gasteiger partial charge in [0.2, 0.25) is 15.9 Å². The summed E-state index contributed by atoms with van der Waals surface area (Å²) >= 11 is 0. The standard InChI is InChI=1S/C22H20F3N3O4S/c23-15-1-4-17(5-2-15)33(30,31)28-11-9-27(10-12-28)22(29)8-7-21-26-14-20(32-21)18-6-3-16(24)13-19(18)25/h1-6,13-14H,7-12H2. The number of carbonyl (C=O) groups excluding carboxylic acids is 1. The Balaban J connectivity index is 1.31. The van der Waals surface area contributed by atoms with Crippen molar-refractivity contribution in [1.82, 2.24) is 14.2 Å². The molecule has 0 bridgehead atoms. The van der Waals surface area contributed by atoms with Gasteiger partial charge in [-0.15, -0.1) is 0 Å². The molecule has 0 aliphatic carbocycles. The van der Waals surface area contributed by atoms with Crippen LogP contribution in [0.15, 0.2) is 58.0 Å². The molecular formula is C22H20F3N3O4S. The van der Waals surface area contributed by atoms with Gasteiger partial charge >= 0.3 is 0 Å². The van der Waals surface area contributed by atoms with E-state index in [1.165, 1.54) is 28.7 Å². The number of nitrogens with zero attached hydrogens (tertiary/aromatic N) is 3. The summed E-state index contributed by atoms with van der Waals surface area (Å²) in [5.41, 5.74) is 0.0694. The molecule has 1 aliphatic rings. The molecule has 2 heterocycles. The van der Waals surface area contributed by atoms with Gasteiger partial charge in [0, 0.05) is 45.1 Å². The lowest BCUT2D eigenvalue weighted by molar-refractivity contribution is -0.132. The molecule has 1 saturated heterocycles. The van der Waals surface area contributed by atoms with E-state index < -0.39 is 27.5 Å². The molecule has 174 valence electrons. The van der Waals surface area contributed by atoms with Crippen molar-refractivity contribution in [2.75, 3.05) is 26.2 Å². The van der Waals surface area contributed by atoms with Gasteiger partial charge in [0.25, 0.3) is 0 Å². The molecule has 1 aromatic heterocycles. The van der Waals surface area contributed by atoms with Crippen LogP contribution in [0.1, 0.15) is 12.3 Å². The molecule has 0 atom stereocenters. The van der Waals surface area contributed by atoms with E-state index in [0.29, 0.717) is 0 Å². The molecule has 0 spiro atoms. The summed E-state index contributed by atoms with van der Waals surface area (Å²) in [4.78, 5) is 18.2. The number of piperazine rings is 1. The fourth-order valence-electron chi connectivity index (χ4n) is 3.55. The Morgan fingerprint density at radius 2 is 1.64 bits per heavy atom. The summed E-state index contributed by atoms with van der Waals surface area (Å²) in [6.45, 7) is 0.685. The smallest absolute Gasteiger partial charge is 0.243 e. The quantitative estimate of drug-likeness (QED) is 0.542. The summed E-state index contributed by atoms with van der Waals surface area (Å²) in [6, 6.07) is 7.71. The molecule has 2 aromatic carbocycles. The van der Waals surface area contributed by atoms with Gasteiger partial charge < -0.3 is 9.32 Å². The average molecular weight is 479 g/mol. The van der Waals surface area contributed by atoms with Crippen molar-refractivity contribution in [3.05, 3.63) is 72.0 Å². The Kier molecular flexibility index (Phi) is 6.52. The minimum atomic E-state index is -3.76. The summed E-state index contributed by atoms with van der Waals surface area (Å²) in [7, 11) is -3.76. The van der Waals surface area contributed by atoms with Gasteiger partial charge in [-0.05, 0) is 36.4 Å². The number of benzene rings is 2. The van der Waals surface area contributed by atoms with Gasteiger partial charge in [0.05, 0.1) is 16.7 Å². The fraction of sp³-hybridized carbons (Fsp3) is 0.273. The maximum absolute atomic E-state index is 13.9. The molecular weight excluding hydrogens is 459 g/mol. The number of hydrogen-bond donors (Lipinski definition) is 0. The molecule has 3 aromatic rings. The average Bonchev–Trinajstić information content (AvgIpc) is 3.26. The van der Waals surface area contributed by atoms with E-state index in [0.717, 1.165) is 24.3 Å². The zero-order valence-electron chi connectivity index (χ0n) is 17.4. The Hall–Kier alpha value is -3.18. The topological polar surface area (TPSA) is 83.7 Å². The van der Waals surface area contributed by atoms with Gasteiger partial charge in [-0.2, -0.15) is 4.31 Å². The second kappa shape index (κ2) is 9.36. The van der Waals surface area contributed by atoms with Crippen LogP contribution >= 0.6 is 0 Å². The third kappa shape index (κ3) is 5.09. The highest BCUT2D eigenvalue weighted by molar-refractivity contribution is 7.89. The number of aryl methyl sites for hydroxylation is 1. The van der Waals surface area contributed by atoms with E-state index in [-0.39, 0.29) is 67.0 Å². The van der Waals surface area contributed by atoms with Crippen LogP contribution in [0.4, 0.5) is 13.2 Å². The zero-order valence-corrected chi connectivity index (χ0v) is 18.2. The van der Waals surface area contributed by atoms with Crippen molar-refractivity contribution in [2.45, 2.75) is 17.7 Å². The first kappa shape index (κ1) is 23.0. The molecule has 1 amide bonds. The molecule has 1 fully saturated rings. The highest BCUT2D eigenvalue weighted by atomic mass is 32.2. The van der Waals surface area contributed by atoms with Crippen molar-refractivity contribution < 1.29 is 30.8 Å². The van der Waals surface area contributed by atoms with Crippen LogP contribution in [0.25, 0.3) is 11.3 Å². The summed E-state index contributed by atoms with van der Waals surface area (Å²) in [5, 5.41) is 0. The van der Waals surface area contributed by atoms with Crippen LogP contribution in [0.2, 0.25) is 0 Å². The molecule has 0 N–H and O–H groups in total. The number of amides is 1. The molecule has 0 saturated carbocycles. The van der Waals surface area contributed by atoms with Crippen molar-refractivity contribution in [3.8, 4) is 11.3 Å². The fourth-order valence-corrected chi connectivity index (χ4v) is 4.97. The lowest BCUT2D eigenvalue weighted by Crippen LogP contribution is -2.50. The molecule has 11 heteroatoms. The summed E-state index contributed by atoms with van der Waals surface area (Å²) in [5.74, 6) is -1.82. The lowest BCUT2D eigenvalue weighted by Gasteiger charge is -2.34. The van der Waals surface area contributed by atoms with Crippen molar-refractivity contribution >= 4 is 15.9 Å². The van der Waals surface area contributed by atoms with Gasteiger partial charge in [0.15, 0.2) is 11.7 Å². The lowest BCUT2D eigenvalue weighted by atomic mass is 10.2. The van der Waals surface area contributed by atoms with Crippen LogP contribution < -0.4 is 0 Å². The predicted octanol–water partition coefficient (Wildman–Crippen LogP) is 3.22. The molecule has 0 radical (unpaired) electrons. The first-order chi connectivity index (χ1) is 15.7. The van der Waals surface area contributed by atoms with Crippen LogP contribution in [0.3, 0.4) is 0 Å². The van der Waals surface area contributed by atoms with E-state index in [1.807, 2.05) is 0 Å². The Bertz CT molecular complexity index is 1250. The highest BCUT2D eigenvalue weighted by Gasteiger charge is 2.30. The van der Waals surface area contributed by atoms with Gasteiger partial charge in [-0.1, -0.05) is 0 Å². The monoisotopic (exact) mass is 479 g/mol. The zero-order chi connectivity index (χ0) is 23.6. The molecule has 4 rings (SSSR count). The van der Waals surface area contributed by atoms with Gasteiger partial charge in [-0.25, -0.2) is 26.6 Å². The minimum absolute atomic E-state index is 0.000894. The molecule has 0 unspecified atom stereocenters. The maximum Gasteiger partial charge on any atom is 0.243 e. The number of halogens is 3. The van der Waals surface area contributed by atoms with Crippen molar-refractivity contribution in [3.63, 3.8) is 0 Å². The number of oxazole rings is 1. The predicted molar refractivity (Wildman–Crippen MR) is 112 cm³/mol. The van der Waals surface area contributed by atoms with Gasteiger partial charge in [0.1, 0.15) is 17.5 Å². The number of carbonyl (C=O) groups is 1. The molecule has 1 aliphatic heterocycles. The van der Waals surface area contributed by atoms with Crippen LogP contribution in [0.5, 0.6) is 0 Å². The van der Waals surface area contributed by atoms with Crippen LogP contribution in [0, 0.1) is 17.5 Å². The Morgan fingerprint density at radius 1 is 0.970 bits per heavy atom. The second-order valence-corrected chi connectivity index (χ2v) is 9.42. The largest absolute Gasteiger partial charge is 0.441 e. The SMILES string of the molecule is O=C(CCc1ncc(-c2ccc(F)cc2F)o1)N1CCN(S(=O)(=O)c2ccc(F)cc2)CC1. The normalized spacial score (nSPS) is 15.1. The van der Waals surface area contributed by atoms with Gasteiger partial charge in [-0.3, -0.25) is 4.79 Å². The first-order valence-electron chi connectivity index (χ1n) is 10.2. The summed E-state index contributed by atoms with van der Waals surface area (Å²) < 4.78 is 72.2. The number of aromatic nitrogens is 1. The second-order valence-electron chi connectivity index (χ2n) is 7.48. The number of sulfonamides is 1. The Morgan fingerprint density at radius 3 is 2.30 bits per heavy atom. The van der Waals surface area contributed by atoms with Crippen molar-refractivity contribution in [2.24, 2.45) is 0 Å². The van der Waals surface area contributed by atoms with Crippen LogP contribution in [-0.2, 0) is 21.2 Å². The van der Waals surface area contributed by atoms with Crippen molar-refractivity contribution in [1.29, 1.82) is 0 Å². The molecule has 7 nitrogen and oxygen atoms in total. The van der Waals surface area contributed by atoms with E-state index >= 15 is 0 Å². The third-order valence-corrected chi connectivity index (χ3v) is 7.26. The highest BCUT2D eigenvalue weighted by Crippen LogP contribution is 2.25. The minimum Gasteiger partial charge on any atom is -0.441 e. The van der Waals surface area contributed by atoms with E-state index in [4.69, 9.17) is 4.42 Å². The summed E-state index contributed by atoms with van der Waals surface area (Å²) in [6.07, 6.45) is 1.57. The number of hydrogen-bond acceptors (Lipinski definition) is 5. The third-order valence-electron chi connectivity index (χ3n) is 5.35. The Labute approximate surface area is 188 Å². The van der Waals surface area contributed by atoms with E-state index in [1.54, 1.807) is 4.90 Å². The first-order valence-corrected chi connectivity index (χ1v) is 11.6. The maximum atomic E-state index is 13.9.